The summed E-state index contributed by atoms with van der Waals surface area (Å²) in [6.45, 7) is 1.75. The molecule has 0 radical (unpaired) electrons. The summed E-state index contributed by atoms with van der Waals surface area (Å²) >= 11 is 12.4. The quantitative estimate of drug-likeness (QED) is 0.651. The number of aromatic nitrogens is 2. The van der Waals surface area contributed by atoms with Gasteiger partial charge in [-0.1, -0.05) is 18.5 Å². The summed E-state index contributed by atoms with van der Waals surface area (Å²) in [5, 5.41) is 2.98. The number of fused-ring (bicyclic) bond motifs is 1. The molecule has 5 nitrogen and oxygen atoms in total. The summed E-state index contributed by atoms with van der Waals surface area (Å²) in [6.07, 6.45) is 0.811. The Morgan fingerprint density at radius 2 is 2.20 bits per heavy atom. The highest BCUT2D eigenvalue weighted by Crippen LogP contribution is 2.22. The van der Waals surface area contributed by atoms with E-state index in [4.69, 9.17) is 23.8 Å². The van der Waals surface area contributed by atoms with Gasteiger partial charge in [-0.05, 0) is 42.9 Å². The van der Waals surface area contributed by atoms with E-state index in [1.807, 2.05) is 13.0 Å². The van der Waals surface area contributed by atoms with Crippen molar-refractivity contribution in [2.24, 2.45) is 0 Å². The van der Waals surface area contributed by atoms with Gasteiger partial charge in [0, 0.05) is 10.6 Å². The first-order valence-corrected chi connectivity index (χ1v) is 8.99. The van der Waals surface area contributed by atoms with Crippen LogP contribution in [-0.4, -0.2) is 15.5 Å². The van der Waals surface area contributed by atoms with Crippen molar-refractivity contribution >= 4 is 57.0 Å². The third-order valence-corrected chi connectivity index (χ3v) is 5.38. The van der Waals surface area contributed by atoms with Gasteiger partial charge in [-0.25, -0.2) is 4.39 Å². The number of nitrogens with one attached hydrogen (secondary N) is 2. The molecular weight excluding hydrogens is 385 g/mol. The van der Waals surface area contributed by atoms with Crippen LogP contribution in [0.3, 0.4) is 0 Å². The molecule has 0 aliphatic heterocycles. The van der Waals surface area contributed by atoms with E-state index in [1.165, 1.54) is 28.0 Å². The van der Waals surface area contributed by atoms with Crippen molar-refractivity contribution in [1.29, 1.82) is 0 Å². The van der Waals surface area contributed by atoms with Crippen LogP contribution in [0.2, 0.25) is 5.02 Å². The summed E-state index contributed by atoms with van der Waals surface area (Å²) in [7, 11) is 0. The highest BCUT2D eigenvalue weighted by Gasteiger charge is 2.13. The number of rotatable bonds is 4. The lowest BCUT2D eigenvalue weighted by Crippen LogP contribution is -2.28. The zero-order chi connectivity index (χ0) is 18.1. The first kappa shape index (κ1) is 17.8. The highest BCUT2D eigenvalue weighted by atomic mass is 35.5. The van der Waals surface area contributed by atoms with Crippen molar-refractivity contribution in [2.45, 2.75) is 19.9 Å². The fourth-order valence-corrected chi connectivity index (χ4v) is 3.81. The lowest BCUT2D eigenvalue weighted by atomic mass is 10.3. The molecule has 0 bridgehead atoms. The molecule has 2 N–H and O–H groups in total. The molecular formula is C16H13ClFN3O2S2. The molecule has 0 atom stereocenters. The van der Waals surface area contributed by atoms with Crippen LogP contribution in [0.5, 0.6) is 0 Å². The van der Waals surface area contributed by atoms with E-state index in [9.17, 15) is 14.0 Å². The van der Waals surface area contributed by atoms with Crippen LogP contribution >= 0.6 is 35.2 Å². The Balaban J connectivity index is 1.89. The number of hydrogen-bond donors (Lipinski definition) is 2. The molecule has 0 saturated carbocycles. The summed E-state index contributed by atoms with van der Waals surface area (Å²) in [5.74, 6) is -1.04. The van der Waals surface area contributed by atoms with Crippen molar-refractivity contribution in [3.63, 3.8) is 0 Å². The summed E-state index contributed by atoms with van der Waals surface area (Å²) in [6, 6.07) is 5.65. The van der Waals surface area contributed by atoms with Gasteiger partial charge in [0.05, 0.1) is 10.4 Å². The van der Waals surface area contributed by atoms with Crippen LogP contribution in [0, 0.1) is 10.6 Å². The molecule has 0 aliphatic carbocycles. The topological polar surface area (TPSA) is 66.9 Å². The smallest absolute Gasteiger partial charge is 0.263 e. The zero-order valence-corrected chi connectivity index (χ0v) is 15.4. The second-order valence-corrected chi connectivity index (χ2v) is 7.24. The lowest BCUT2D eigenvalue weighted by molar-refractivity contribution is -0.116. The van der Waals surface area contributed by atoms with E-state index in [-0.39, 0.29) is 21.9 Å². The molecule has 25 heavy (non-hydrogen) atoms. The second kappa shape index (κ2) is 7.07. The van der Waals surface area contributed by atoms with Gasteiger partial charge in [0.1, 0.15) is 17.2 Å². The van der Waals surface area contributed by atoms with E-state index in [1.54, 1.807) is 0 Å². The molecule has 1 amide bonds. The minimum absolute atomic E-state index is 0.0981. The number of halogens is 2. The van der Waals surface area contributed by atoms with Gasteiger partial charge < -0.3 is 10.3 Å². The molecule has 3 aromatic rings. The number of hydrogen-bond acceptors (Lipinski definition) is 4. The monoisotopic (exact) mass is 397 g/mol. The second-order valence-electron chi connectivity index (χ2n) is 5.31. The third-order valence-electron chi connectivity index (χ3n) is 3.58. The number of benzene rings is 1. The van der Waals surface area contributed by atoms with E-state index < -0.39 is 11.7 Å². The van der Waals surface area contributed by atoms with E-state index in [2.05, 4.69) is 10.3 Å². The number of carbonyl (C=O) groups is 1. The van der Waals surface area contributed by atoms with Crippen LogP contribution in [0.15, 0.2) is 29.1 Å². The SMILES string of the molecule is CCc1cc2c(=O)n(CC(=O)Nc3ccc(F)c(Cl)c3)c(=S)[nH]c2s1. The summed E-state index contributed by atoms with van der Waals surface area (Å²) in [5.41, 5.74) is 0.0196. The van der Waals surface area contributed by atoms with Crippen molar-refractivity contribution < 1.29 is 9.18 Å². The van der Waals surface area contributed by atoms with Crippen LogP contribution in [-0.2, 0) is 17.8 Å². The van der Waals surface area contributed by atoms with Crippen molar-refractivity contribution in [3.8, 4) is 0 Å². The Hall–Kier alpha value is -2.03. The fourth-order valence-electron chi connectivity index (χ4n) is 2.33. The van der Waals surface area contributed by atoms with E-state index in [0.717, 1.165) is 17.4 Å². The van der Waals surface area contributed by atoms with Gasteiger partial charge in [-0.15, -0.1) is 11.3 Å². The molecule has 2 aromatic heterocycles. The average Bonchev–Trinajstić information content (AvgIpc) is 2.98. The third kappa shape index (κ3) is 3.65. The minimum atomic E-state index is -0.576. The Morgan fingerprint density at radius 1 is 1.44 bits per heavy atom. The van der Waals surface area contributed by atoms with Crippen LogP contribution in [0.25, 0.3) is 10.2 Å². The molecule has 0 unspecified atom stereocenters. The van der Waals surface area contributed by atoms with Gasteiger partial charge >= 0.3 is 0 Å². The predicted molar refractivity (Wildman–Crippen MR) is 101 cm³/mol. The maximum absolute atomic E-state index is 13.2. The first-order valence-electron chi connectivity index (χ1n) is 7.39. The zero-order valence-electron chi connectivity index (χ0n) is 13.1. The molecule has 0 aliphatic rings. The average molecular weight is 398 g/mol. The number of anilines is 1. The number of carbonyl (C=O) groups excluding carboxylic acids is 1. The number of nitrogens with zero attached hydrogens (tertiary/aromatic N) is 1. The van der Waals surface area contributed by atoms with Crippen LogP contribution in [0.1, 0.15) is 11.8 Å². The normalized spacial score (nSPS) is 11.0. The Labute approximate surface area is 156 Å². The maximum atomic E-state index is 13.2. The molecule has 0 saturated heterocycles. The van der Waals surface area contributed by atoms with E-state index >= 15 is 0 Å². The number of aromatic amines is 1. The molecule has 1 aromatic carbocycles. The van der Waals surface area contributed by atoms with Gasteiger partial charge in [-0.3, -0.25) is 14.2 Å². The Kier molecular flexibility index (Phi) is 5.03. The minimum Gasteiger partial charge on any atom is -0.324 e. The van der Waals surface area contributed by atoms with Crippen molar-refractivity contribution in [2.75, 3.05) is 5.32 Å². The lowest BCUT2D eigenvalue weighted by Gasteiger charge is -2.08. The Bertz CT molecular complexity index is 1090. The van der Waals surface area contributed by atoms with E-state index in [0.29, 0.717) is 15.9 Å². The summed E-state index contributed by atoms with van der Waals surface area (Å²) < 4.78 is 14.5. The molecule has 0 fully saturated rings. The molecule has 2 heterocycles. The fraction of sp³-hybridized carbons (Fsp3) is 0.188. The number of aryl methyl sites for hydroxylation is 1. The van der Waals surface area contributed by atoms with Gasteiger partial charge in [-0.2, -0.15) is 0 Å². The highest BCUT2D eigenvalue weighted by molar-refractivity contribution is 7.71. The molecule has 9 heteroatoms. The van der Waals surface area contributed by atoms with Crippen LogP contribution < -0.4 is 10.9 Å². The van der Waals surface area contributed by atoms with Crippen molar-refractivity contribution in [1.82, 2.24) is 9.55 Å². The summed E-state index contributed by atoms with van der Waals surface area (Å²) in [4.78, 5) is 29.6. The Morgan fingerprint density at radius 3 is 2.88 bits per heavy atom. The maximum Gasteiger partial charge on any atom is 0.263 e. The van der Waals surface area contributed by atoms with Crippen molar-refractivity contribution in [3.05, 3.63) is 55.1 Å². The predicted octanol–water partition coefficient (Wildman–Crippen LogP) is 4.11. The van der Waals surface area contributed by atoms with Crippen LogP contribution in [0.4, 0.5) is 10.1 Å². The van der Waals surface area contributed by atoms with Gasteiger partial charge in [0.25, 0.3) is 5.56 Å². The largest absolute Gasteiger partial charge is 0.324 e. The molecule has 130 valence electrons. The van der Waals surface area contributed by atoms with Gasteiger partial charge in [0.2, 0.25) is 5.91 Å². The first-order chi connectivity index (χ1) is 11.9. The van der Waals surface area contributed by atoms with Gasteiger partial charge in [0.15, 0.2) is 4.77 Å². The number of thiophene rings is 1. The molecule has 3 rings (SSSR count). The molecule has 0 spiro atoms. The number of H-pyrrole nitrogens is 1. The number of amides is 1. The standard InChI is InChI=1S/C16H13ClFN3O2S2/c1-2-9-6-10-14(25-9)20-16(24)21(15(10)23)7-13(22)19-8-3-4-12(18)11(17)5-8/h3-6H,2,7H2,1H3,(H,19,22)(H,20,24).